The lowest BCUT2D eigenvalue weighted by atomic mass is 10.1. The molecule has 0 aliphatic rings. The summed E-state index contributed by atoms with van der Waals surface area (Å²) in [6.45, 7) is 3.70. The van der Waals surface area contributed by atoms with E-state index in [1.165, 1.54) is 24.0 Å². The number of furan rings is 1. The number of carbonyl (C=O) groups is 2. The lowest BCUT2D eigenvalue weighted by Gasteiger charge is -1.98. The Morgan fingerprint density at radius 1 is 1.27 bits per heavy atom. The van der Waals surface area contributed by atoms with Crippen molar-refractivity contribution < 1.29 is 14.0 Å². The van der Waals surface area contributed by atoms with Crippen LogP contribution in [0.3, 0.4) is 0 Å². The zero-order chi connectivity index (χ0) is 18.5. The maximum absolute atomic E-state index is 12.0. The number of ketones is 1. The van der Waals surface area contributed by atoms with Gasteiger partial charge < -0.3 is 9.73 Å². The van der Waals surface area contributed by atoms with Crippen molar-refractivity contribution in [3.8, 4) is 0 Å². The lowest BCUT2D eigenvalue weighted by molar-refractivity contribution is -0.111. The van der Waals surface area contributed by atoms with Gasteiger partial charge in [0.25, 0.3) is 0 Å². The van der Waals surface area contributed by atoms with Gasteiger partial charge >= 0.3 is 0 Å². The summed E-state index contributed by atoms with van der Waals surface area (Å²) in [5.41, 5.74) is 2.07. The number of rotatable bonds is 6. The first-order valence-corrected chi connectivity index (χ1v) is 8.05. The van der Waals surface area contributed by atoms with Crippen LogP contribution in [0.15, 0.2) is 53.1 Å². The van der Waals surface area contributed by atoms with E-state index in [1.807, 2.05) is 31.2 Å². The molecule has 0 atom stereocenters. The number of anilines is 1. The van der Waals surface area contributed by atoms with Gasteiger partial charge in [-0.15, -0.1) is 5.10 Å². The predicted molar refractivity (Wildman–Crippen MR) is 96.7 cm³/mol. The zero-order valence-electron chi connectivity index (χ0n) is 14.5. The van der Waals surface area contributed by atoms with Crippen LogP contribution < -0.4 is 5.32 Å². The Morgan fingerprint density at radius 3 is 2.85 bits per heavy atom. The number of aryl methyl sites for hydroxylation is 1. The number of carbonyl (C=O) groups excluding carboxylic acids is 2. The Balaban J connectivity index is 1.59. The molecule has 0 aliphatic carbocycles. The van der Waals surface area contributed by atoms with E-state index in [0.29, 0.717) is 17.3 Å². The molecule has 0 saturated heterocycles. The molecule has 0 unspecified atom stereocenters. The fourth-order valence-electron chi connectivity index (χ4n) is 2.34. The van der Waals surface area contributed by atoms with Crippen molar-refractivity contribution in [2.24, 2.45) is 0 Å². The molecule has 0 fully saturated rings. The van der Waals surface area contributed by atoms with Crippen molar-refractivity contribution in [2.45, 2.75) is 20.4 Å². The highest BCUT2D eigenvalue weighted by atomic mass is 16.3. The van der Waals surface area contributed by atoms with E-state index in [1.54, 1.807) is 18.2 Å². The van der Waals surface area contributed by atoms with Gasteiger partial charge in [-0.2, -0.15) is 9.90 Å². The second-order valence-electron chi connectivity index (χ2n) is 5.82. The molecule has 2 aromatic heterocycles. The molecule has 0 spiro atoms. The van der Waals surface area contributed by atoms with E-state index in [9.17, 15) is 9.59 Å². The number of nitrogens with zero attached hydrogens (tertiary/aromatic N) is 3. The number of amides is 1. The van der Waals surface area contributed by atoms with E-state index in [0.717, 1.165) is 11.1 Å². The van der Waals surface area contributed by atoms with Crippen molar-refractivity contribution in [2.75, 3.05) is 5.32 Å². The molecular weight excluding hydrogens is 332 g/mol. The normalized spacial score (nSPS) is 11.0. The summed E-state index contributed by atoms with van der Waals surface area (Å²) in [5, 5.41) is 10.9. The minimum Gasteiger partial charge on any atom is -0.456 e. The Hall–Kier alpha value is -3.48. The van der Waals surface area contributed by atoms with Crippen LogP contribution in [0.1, 0.15) is 34.4 Å². The lowest BCUT2D eigenvalue weighted by Crippen LogP contribution is -2.09. The molecule has 1 N–H and O–H groups in total. The monoisotopic (exact) mass is 350 g/mol. The van der Waals surface area contributed by atoms with Crippen molar-refractivity contribution in [3.05, 3.63) is 71.3 Å². The Bertz CT molecular complexity index is 969. The zero-order valence-corrected chi connectivity index (χ0v) is 14.5. The summed E-state index contributed by atoms with van der Waals surface area (Å²) in [4.78, 5) is 24.6. The predicted octanol–water partition coefficient (Wildman–Crippen LogP) is 3.08. The van der Waals surface area contributed by atoms with Crippen LogP contribution in [0.4, 0.5) is 5.82 Å². The van der Waals surface area contributed by atoms with Crippen molar-refractivity contribution in [3.63, 3.8) is 0 Å². The van der Waals surface area contributed by atoms with E-state index in [-0.39, 0.29) is 18.2 Å². The average Bonchev–Trinajstić information content (AvgIpc) is 3.23. The molecule has 3 aromatic rings. The number of hydrogen-bond donors (Lipinski definition) is 1. The van der Waals surface area contributed by atoms with Crippen LogP contribution in [0, 0.1) is 6.92 Å². The molecular formula is C19H18N4O3. The number of Topliss-reactive ketones (excluding diaryl/α,β-unsaturated/α-hetero) is 1. The minimum absolute atomic E-state index is 0.141. The summed E-state index contributed by atoms with van der Waals surface area (Å²) in [7, 11) is 0. The third kappa shape index (κ3) is 4.54. The molecule has 1 amide bonds. The first-order valence-electron chi connectivity index (χ1n) is 8.05. The summed E-state index contributed by atoms with van der Waals surface area (Å²) in [6.07, 6.45) is 4.63. The molecule has 7 nitrogen and oxygen atoms in total. The van der Waals surface area contributed by atoms with Gasteiger partial charge in [-0.05, 0) is 30.7 Å². The molecule has 0 radical (unpaired) electrons. The van der Waals surface area contributed by atoms with Crippen LogP contribution in [-0.4, -0.2) is 26.7 Å². The third-order valence-corrected chi connectivity index (χ3v) is 3.56. The fraction of sp³-hybridized carbons (Fsp3) is 0.158. The van der Waals surface area contributed by atoms with Gasteiger partial charge in [-0.3, -0.25) is 9.59 Å². The van der Waals surface area contributed by atoms with Gasteiger partial charge in [0, 0.05) is 13.0 Å². The van der Waals surface area contributed by atoms with Crippen molar-refractivity contribution >= 4 is 23.6 Å². The van der Waals surface area contributed by atoms with E-state index < -0.39 is 0 Å². The molecule has 3 rings (SSSR count). The topological polar surface area (TPSA) is 90.0 Å². The van der Waals surface area contributed by atoms with Gasteiger partial charge in [-0.1, -0.05) is 29.8 Å². The first kappa shape index (κ1) is 17.3. The molecule has 0 saturated carbocycles. The van der Waals surface area contributed by atoms with Crippen LogP contribution in [0.25, 0.3) is 6.08 Å². The molecule has 2 heterocycles. The quantitative estimate of drug-likeness (QED) is 0.545. The summed E-state index contributed by atoms with van der Waals surface area (Å²) < 4.78 is 5.39. The van der Waals surface area contributed by atoms with E-state index in [2.05, 4.69) is 15.5 Å². The summed E-state index contributed by atoms with van der Waals surface area (Å²) in [5.74, 6) is 0.751. The van der Waals surface area contributed by atoms with Gasteiger partial charge in [0.15, 0.2) is 17.4 Å². The summed E-state index contributed by atoms with van der Waals surface area (Å²) in [6, 6.07) is 11.1. The van der Waals surface area contributed by atoms with Crippen LogP contribution in [0.5, 0.6) is 0 Å². The molecule has 7 heteroatoms. The van der Waals surface area contributed by atoms with Gasteiger partial charge in [-0.25, -0.2) is 0 Å². The highest BCUT2D eigenvalue weighted by Gasteiger charge is 2.09. The van der Waals surface area contributed by atoms with E-state index in [4.69, 9.17) is 4.42 Å². The highest BCUT2D eigenvalue weighted by molar-refractivity contribution is 6.01. The van der Waals surface area contributed by atoms with Gasteiger partial charge in [0.1, 0.15) is 12.3 Å². The molecule has 132 valence electrons. The molecule has 0 aliphatic heterocycles. The SMILES string of the molecule is CC(=O)c1ccc(Cn2ncc(NC(=O)/C=C\c3cccc(C)c3)n2)o1. The maximum atomic E-state index is 12.0. The number of aromatic nitrogens is 3. The second-order valence-corrected chi connectivity index (χ2v) is 5.82. The average molecular weight is 350 g/mol. The molecule has 0 bridgehead atoms. The molecule has 1 aromatic carbocycles. The van der Waals surface area contributed by atoms with Gasteiger partial charge in [0.2, 0.25) is 5.91 Å². The number of nitrogens with one attached hydrogen (secondary N) is 1. The Kier molecular flexibility index (Phi) is 5.07. The number of benzene rings is 1. The van der Waals surface area contributed by atoms with Crippen LogP contribution in [-0.2, 0) is 11.3 Å². The highest BCUT2D eigenvalue weighted by Crippen LogP contribution is 2.10. The fourth-order valence-corrected chi connectivity index (χ4v) is 2.34. The van der Waals surface area contributed by atoms with Crippen LogP contribution in [0.2, 0.25) is 0 Å². The van der Waals surface area contributed by atoms with Crippen molar-refractivity contribution in [1.82, 2.24) is 15.0 Å². The van der Waals surface area contributed by atoms with Gasteiger partial charge in [0.05, 0.1) is 6.20 Å². The van der Waals surface area contributed by atoms with Crippen LogP contribution >= 0.6 is 0 Å². The first-order chi connectivity index (χ1) is 12.5. The Morgan fingerprint density at radius 2 is 2.12 bits per heavy atom. The smallest absolute Gasteiger partial charge is 0.249 e. The second kappa shape index (κ2) is 7.60. The Labute approximate surface area is 150 Å². The third-order valence-electron chi connectivity index (χ3n) is 3.56. The minimum atomic E-state index is -0.296. The number of hydrogen-bond acceptors (Lipinski definition) is 5. The standard InChI is InChI=1S/C19H18N4O3/c1-13-4-3-5-15(10-13)6-9-19(25)21-18-11-20-23(22-18)12-16-7-8-17(26-16)14(2)24/h3-11H,12H2,1-2H3,(H,21,22,25)/b9-6-. The summed E-state index contributed by atoms with van der Waals surface area (Å²) >= 11 is 0. The largest absolute Gasteiger partial charge is 0.456 e. The van der Waals surface area contributed by atoms with E-state index >= 15 is 0 Å². The maximum Gasteiger partial charge on any atom is 0.249 e. The molecule has 26 heavy (non-hydrogen) atoms. The van der Waals surface area contributed by atoms with Crippen molar-refractivity contribution in [1.29, 1.82) is 0 Å².